The number of pyridine rings is 1. The molecule has 4 rings (SSSR count). The van der Waals surface area contributed by atoms with E-state index in [1.54, 1.807) is 17.3 Å². The third-order valence-electron chi connectivity index (χ3n) is 5.30. The van der Waals surface area contributed by atoms with Gasteiger partial charge in [-0.05, 0) is 23.8 Å². The number of halogens is 2. The zero-order valence-corrected chi connectivity index (χ0v) is 17.1. The second-order valence-corrected chi connectivity index (χ2v) is 7.40. The van der Waals surface area contributed by atoms with Gasteiger partial charge in [-0.3, -0.25) is 19.5 Å². The number of nitrogens with zero attached hydrogens (tertiary/aromatic N) is 4. The van der Waals surface area contributed by atoms with Crippen molar-refractivity contribution in [2.75, 3.05) is 26.2 Å². The third kappa shape index (κ3) is 4.97. The lowest BCUT2D eigenvalue weighted by molar-refractivity contribution is -0.135. The summed E-state index contributed by atoms with van der Waals surface area (Å²) in [5, 5.41) is 2.51. The van der Waals surface area contributed by atoms with E-state index in [1.807, 2.05) is 12.1 Å². The summed E-state index contributed by atoms with van der Waals surface area (Å²) in [5.41, 5.74) is 0.950. The van der Waals surface area contributed by atoms with Gasteiger partial charge in [-0.15, -0.1) is 0 Å². The third-order valence-corrected chi connectivity index (χ3v) is 5.30. The van der Waals surface area contributed by atoms with Gasteiger partial charge in [0.2, 0.25) is 5.91 Å². The second-order valence-electron chi connectivity index (χ2n) is 7.40. The van der Waals surface area contributed by atoms with E-state index in [2.05, 4.69) is 20.2 Å². The first kappa shape index (κ1) is 21.6. The van der Waals surface area contributed by atoms with Gasteiger partial charge in [0.25, 0.3) is 5.91 Å². The van der Waals surface area contributed by atoms with Crippen LogP contribution in [0.15, 0.2) is 59.8 Å². The van der Waals surface area contributed by atoms with Gasteiger partial charge in [0.15, 0.2) is 12.1 Å². The highest BCUT2D eigenvalue weighted by molar-refractivity contribution is 5.96. The molecule has 1 aromatic carbocycles. The molecule has 1 aliphatic rings. The highest BCUT2D eigenvalue weighted by Crippen LogP contribution is 2.22. The Kier molecular flexibility index (Phi) is 6.50. The van der Waals surface area contributed by atoms with E-state index < -0.39 is 29.5 Å². The summed E-state index contributed by atoms with van der Waals surface area (Å²) < 4.78 is 32.7. The molecule has 2 aromatic heterocycles. The average molecular weight is 441 g/mol. The Balaban J connectivity index is 1.48. The van der Waals surface area contributed by atoms with Crippen LogP contribution in [-0.4, -0.2) is 57.8 Å². The Morgan fingerprint density at radius 1 is 1.09 bits per heavy atom. The summed E-state index contributed by atoms with van der Waals surface area (Å²) in [6.45, 7) is 2.77. The molecule has 2 amide bonds. The van der Waals surface area contributed by atoms with Crippen molar-refractivity contribution in [2.24, 2.45) is 0 Å². The minimum absolute atomic E-state index is 0.0486. The van der Waals surface area contributed by atoms with Crippen LogP contribution in [0.3, 0.4) is 0 Å². The number of oxazole rings is 1. The first-order chi connectivity index (χ1) is 15.5. The van der Waals surface area contributed by atoms with Crippen molar-refractivity contribution < 1.29 is 22.8 Å². The van der Waals surface area contributed by atoms with E-state index in [9.17, 15) is 18.4 Å². The molecule has 1 saturated heterocycles. The predicted molar refractivity (Wildman–Crippen MR) is 109 cm³/mol. The van der Waals surface area contributed by atoms with Crippen molar-refractivity contribution in [3.8, 4) is 0 Å². The Morgan fingerprint density at radius 3 is 2.50 bits per heavy atom. The molecule has 3 heterocycles. The first-order valence-electron chi connectivity index (χ1n) is 10.1. The lowest BCUT2D eigenvalue weighted by Gasteiger charge is -2.36. The number of benzene rings is 1. The Morgan fingerprint density at radius 2 is 1.84 bits per heavy atom. The topological polar surface area (TPSA) is 91.6 Å². The zero-order valence-electron chi connectivity index (χ0n) is 17.1. The monoisotopic (exact) mass is 441 g/mol. The van der Waals surface area contributed by atoms with Gasteiger partial charge in [0.05, 0.1) is 0 Å². The number of rotatable bonds is 6. The van der Waals surface area contributed by atoms with Crippen molar-refractivity contribution in [1.29, 1.82) is 0 Å². The predicted octanol–water partition coefficient (Wildman–Crippen LogP) is 2.16. The fourth-order valence-corrected chi connectivity index (χ4v) is 3.59. The lowest BCUT2D eigenvalue weighted by atomic mass is 10.0. The number of hydrogen-bond acceptors (Lipinski definition) is 6. The van der Waals surface area contributed by atoms with E-state index in [4.69, 9.17) is 4.42 Å². The number of aromatic nitrogens is 2. The van der Waals surface area contributed by atoms with Crippen LogP contribution >= 0.6 is 0 Å². The molecule has 0 spiro atoms. The number of piperazine rings is 1. The summed E-state index contributed by atoms with van der Waals surface area (Å²) in [7, 11) is 0. The zero-order chi connectivity index (χ0) is 22.5. The van der Waals surface area contributed by atoms with Crippen LogP contribution in [0.2, 0.25) is 0 Å². The maximum atomic E-state index is 14.5. The number of nitrogens with one attached hydrogen (secondary N) is 1. The van der Waals surface area contributed by atoms with Gasteiger partial charge < -0.3 is 14.6 Å². The maximum absolute atomic E-state index is 14.5. The lowest BCUT2D eigenvalue weighted by Crippen LogP contribution is -2.52. The highest BCUT2D eigenvalue weighted by Gasteiger charge is 2.32. The maximum Gasteiger partial charge on any atom is 0.274 e. The molecule has 0 saturated carbocycles. The summed E-state index contributed by atoms with van der Waals surface area (Å²) in [6, 6.07) is 5.44. The molecule has 1 aliphatic heterocycles. The Labute approximate surface area is 182 Å². The summed E-state index contributed by atoms with van der Waals surface area (Å²) in [4.78, 5) is 37.3. The van der Waals surface area contributed by atoms with Gasteiger partial charge in [0, 0.05) is 56.7 Å². The van der Waals surface area contributed by atoms with Crippen LogP contribution in [0.5, 0.6) is 0 Å². The van der Waals surface area contributed by atoms with Crippen LogP contribution in [0.1, 0.15) is 27.7 Å². The van der Waals surface area contributed by atoms with Crippen molar-refractivity contribution >= 4 is 11.8 Å². The van der Waals surface area contributed by atoms with Crippen molar-refractivity contribution in [3.05, 3.63) is 83.8 Å². The molecule has 3 aromatic rings. The van der Waals surface area contributed by atoms with E-state index in [0.29, 0.717) is 32.2 Å². The molecule has 0 aliphatic carbocycles. The van der Waals surface area contributed by atoms with E-state index in [-0.39, 0.29) is 11.3 Å². The summed E-state index contributed by atoms with van der Waals surface area (Å²) >= 11 is 0. The SMILES string of the molecule is O=C(NC(C(=O)N1CCN(Cc2ccncc2)CC1)c1ccc(F)cc1F)c1cocn1. The smallest absolute Gasteiger partial charge is 0.274 e. The van der Waals surface area contributed by atoms with E-state index in [1.165, 1.54) is 0 Å². The van der Waals surface area contributed by atoms with E-state index in [0.717, 1.165) is 36.9 Å². The molecule has 8 nitrogen and oxygen atoms in total. The minimum Gasteiger partial charge on any atom is -0.451 e. The molecule has 0 radical (unpaired) electrons. The van der Waals surface area contributed by atoms with Crippen LogP contribution < -0.4 is 5.32 Å². The van der Waals surface area contributed by atoms with Crippen molar-refractivity contribution in [2.45, 2.75) is 12.6 Å². The van der Waals surface area contributed by atoms with Crippen LogP contribution in [0.4, 0.5) is 8.78 Å². The van der Waals surface area contributed by atoms with Crippen LogP contribution in [-0.2, 0) is 11.3 Å². The molecule has 32 heavy (non-hydrogen) atoms. The largest absolute Gasteiger partial charge is 0.451 e. The van der Waals surface area contributed by atoms with Gasteiger partial charge >= 0.3 is 0 Å². The number of carbonyl (C=O) groups is 2. The molecule has 1 unspecified atom stereocenters. The standard InChI is InChI=1S/C22H21F2N5O3/c23-16-1-2-17(18(24)11-16)20(27-21(30)19-13-32-14-26-19)22(31)29-9-7-28(8-10-29)12-15-3-5-25-6-4-15/h1-6,11,13-14,20H,7-10,12H2,(H,27,30). The second kappa shape index (κ2) is 9.65. The van der Waals surface area contributed by atoms with Gasteiger partial charge in [-0.25, -0.2) is 13.8 Å². The molecule has 0 bridgehead atoms. The minimum atomic E-state index is -1.33. The average Bonchev–Trinajstić information content (AvgIpc) is 3.34. The van der Waals surface area contributed by atoms with E-state index >= 15 is 0 Å². The van der Waals surface area contributed by atoms with Crippen molar-refractivity contribution in [1.82, 2.24) is 25.1 Å². The van der Waals surface area contributed by atoms with Gasteiger partial charge in [0.1, 0.15) is 23.9 Å². The number of amides is 2. The Bertz CT molecular complexity index is 1070. The van der Waals surface area contributed by atoms with Crippen LogP contribution in [0.25, 0.3) is 0 Å². The summed E-state index contributed by atoms with van der Waals surface area (Å²) in [6.07, 6.45) is 5.66. The molecule has 1 atom stereocenters. The normalized spacial score (nSPS) is 15.4. The first-order valence-corrected chi connectivity index (χ1v) is 10.1. The fourth-order valence-electron chi connectivity index (χ4n) is 3.59. The van der Waals surface area contributed by atoms with Gasteiger partial charge in [-0.1, -0.05) is 6.07 Å². The fraction of sp³-hybridized carbons (Fsp3) is 0.273. The van der Waals surface area contributed by atoms with Crippen LogP contribution in [0, 0.1) is 11.6 Å². The molecule has 1 fully saturated rings. The number of hydrogen-bond donors (Lipinski definition) is 1. The molecular formula is C22H21F2N5O3. The quantitative estimate of drug-likeness (QED) is 0.631. The highest BCUT2D eigenvalue weighted by atomic mass is 19.1. The molecular weight excluding hydrogens is 420 g/mol. The van der Waals surface area contributed by atoms with Crippen molar-refractivity contribution in [3.63, 3.8) is 0 Å². The molecule has 166 valence electrons. The number of carbonyl (C=O) groups excluding carboxylic acids is 2. The molecule has 10 heteroatoms. The summed E-state index contributed by atoms with van der Waals surface area (Å²) in [5.74, 6) is -2.86. The van der Waals surface area contributed by atoms with Gasteiger partial charge in [-0.2, -0.15) is 0 Å². The molecule has 1 N–H and O–H groups in total. The Hall–Kier alpha value is -3.66.